The zero-order valence-electron chi connectivity index (χ0n) is 26.1. The fraction of sp³-hybridized carbons (Fsp3) is 0.824. The van der Waals surface area contributed by atoms with Gasteiger partial charge in [0.05, 0.1) is 11.5 Å². The summed E-state index contributed by atoms with van der Waals surface area (Å²) in [5.74, 6) is 0.654. The maximum atomic E-state index is 13.3. The van der Waals surface area contributed by atoms with Crippen molar-refractivity contribution in [3.05, 3.63) is 23.3 Å². The second kappa shape index (κ2) is 12.2. The number of carbonyl (C=O) groups is 2. The summed E-state index contributed by atoms with van der Waals surface area (Å²) in [6, 6.07) is 0. The van der Waals surface area contributed by atoms with E-state index in [1.807, 2.05) is 6.92 Å². The lowest BCUT2D eigenvalue weighted by Gasteiger charge is -2.48. The minimum atomic E-state index is -0.750. The monoisotopic (exact) mass is 544 g/mol. The number of carboxylic acid groups (broad SMARTS) is 1. The van der Waals surface area contributed by atoms with Crippen LogP contribution in [0, 0.1) is 39.4 Å². The van der Waals surface area contributed by atoms with Gasteiger partial charge in [-0.05, 0) is 110 Å². The van der Waals surface area contributed by atoms with Crippen molar-refractivity contribution in [3.63, 3.8) is 0 Å². The first-order chi connectivity index (χ1) is 18.2. The summed E-state index contributed by atoms with van der Waals surface area (Å²) < 4.78 is 5.74. The molecule has 7 atom stereocenters. The van der Waals surface area contributed by atoms with Crippen LogP contribution in [0.2, 0.25) is 0 Å². The number of allylic oxidation sites excluding steroid dienone is 4. The molecule has 3 aliphatic rings. The third-order valence-corrected chi connectivity index (χ3v) is 11.6. The molecule has 0 radical (unpaired) electrons. The molecule has 39 heavy (non-hydrogen) atoms. The third kappa shape index (κ3) is 6.56. The Morgan fingerprint density at radius 3 is 2.36 bits per heavy atom. The molecule has 3 rings (SSSR count). The van der Waals surface area contributed by atoms with Crippen LogP contribution in [0.5, 0.6) is 0 Å². The number of aliphatic carboxylic acids is 1. The number of aliphatic hydroxyl groups is 1. The average Bonchev–Trinajstić information content (AvgIpc) is 3.08. The van der Waals surface area contributed by atoms with Gasteiger partial charge in [-0.2, -0.15) is 0 Å². The van der Waals surface area contributed by atoms with E-state index in [-0.39, 0.29) is 35.1 Å². The molecule has 0 aromatic rings. The highest BCUT2D eigenvalue weighted by atomic mass is 16.6. The van der Waals surface area contributed by atoms with Crippen molar-refractivity contribution in [1.82, 2.24) is 0 Å². The smallest absolute Gasteiger partial charge is 0.309 e. The van der Waals surface area contributed by atoms with E-state index in [9.17, 15) is 19.8 Å². The first kappa shape index (κ1) is 32.1. The number of hydrogen-bond donors (Lipinski definition) is 2. The highest BCUT2D eigenvalue weighted by Crippen LogP contribution is 2.55. The van der Waals surface area contributed by atoms with Gasteiger partial charge in [-0.1, -0.05) is 60.6 Å². The van der Waals surface area contributed by atoms with Gasteiger partial charge >= 0.3 is 5.97 Å². The molecule has 6 unspecified atom stereocenters. The summed E-state index contributed by atoms with van der Waals surface area (Å²) in [6.07, 6.45) is 13.6. The van der Waals surface area contributed by atoms with Gasteiger partial charge in [-0.25, -0.2) is 0 Å². The fourth-order valence-corrected chi connectivity index (χ4v) is 8.45. The standard InChI is InChI=1S/C34H56O5/c1-9-26-25(28-14-17-33(7,30(37)38)20-19-32(28,6)10-2)12-11-24(36)21-34(26,8)18-13-27-23(3)29(39-22-35)15-16-31(27,4)5/h12,14,23,26-27,29,35H,9-11,13,15-22H2,1-8H3,(H,37,38)/t23?,26?,27?,29?,32?,33-,34?/m1/s1. The average molecular weight is 545 g/mol. The van der Waals surface area contributed by atoms with E-state index < -0.39 is 11.4 Å². The van der Waals surface area contributed by atoms with Crippen molar-refractivity contribution < 1.29 is 24.5 Å². The molecule has 0 amide bonds. The normalized spacial score (nSPS) is 39.4. The molecular formula is C34H56O5. The van der Waals surface area contributed by atoms with Crippen molar-refractivity contribution in [2.75, 3.05) is 6.79 Å². The number of aliphatic hydroxyl groups excluding tert-OH is 1. The Kier molecular flexibility index (Phi) is 10.0. The minimum absolute atomic E-state index is 0.0824. The molecule has 0 spiro atoms. The van der Waals surface area contributed by atoms with Crippen LogP contribution in [0.25, 0.3) is 0 Å². The summed E-state index contributed by atoms with van der Waals surface area (Å²) in [5, 5.41) is 19.5. The predicted octanol–water partition coefficient (Wildman–Crippen LogP) is 8.11. The summed E-state index contributed by atoms with van der Waals surface area (Å²) in [5.41, 5.74) is 1.78. The summed E-state index contributed by atoms with van der Waals surface area (Å²) in [7, 11) is 0. The molecule has 0 aromatic carbocycles. The fourth-order valence-electron chi connectivity index (χ4n) is 8.45. The molecule has 0 bridgehead atoms. The Bertz CT molecular complexity index is 963. The van der Waals surface area contributed by atoms with Gasteiger partial charge in [0.1, 0.15) is 12.6 Å². The first-order valence-electron chi connectivity index (χ1n) is 15.5. The van der Waals surface area contributed by atoms with Crippen LogP contribution >= 0.6 is 0 Å². The van der Waals surface area contributed by atoms with Crippen molar-refractivity contribution >= 4 is 11.8 Å². The van der Waals surface area contributed by atoms with E-state index in [4.69, 9.17) is 4.74 Å². The molecule has 3 aliphatic carbocycles. The molecule has 2 N–H and O–H groups in total. The molecule has 1 fully saturated rings. The Labute approximate surface area is 237 Å². The molecule has 0 heterocycles. The van der Waals surface area contributed by atoms with Gasteiger partial charge in [0, 0.05) is 12.8 Å². The van der Waals surface area contributed by atoms with Crippen molar-refractivity contribution in [2.24, 2.45) is 39.4 Å². The number of rotatable bonds is 9. The lowest BCUT2D eigenvalue weighted by Crippen LogP contribution is -2.43. The van der Waals surface area contributed by atoms with Gasteiger partial charge in [0.2, 0.25) is 0 Å². The van der Waals surface area contributed by atoms with Crippen molar-refractivity contribution in [3.8, 4) is 0 Å². The van der Waals surface area contributed by atoms with Crippen molar-refractivity contribution in [2.45, 2.75) is 132 Å². The number of carbonyl (C=O) groups excluding carboxylic acids is 1. The van der Waals surface area contributed by atoms with Crippen LogP contribution in [-0.2, 0) is 14.3 Å². The van der Waals surface area contributed by atoms with E-state index >= 15 is 0 Å². The molecule has 0 saturated heterocycles. The Morgan fingerprint density at radius 2 is 1.77 bits per heavy atom. The lowest BCUT2D eigenvalue weighted by molar-refractivity contribution is -0.148. The van der Waals surface area contributed by atoms with Gasteiger partial charge in [-0.15, -0.1) is 0 Å². The summed E-state index contributed by atoms with van der Waals surface area (Å²) in [6.45, 7) is 17.8. The zero-order chi connectivity index (χ0) is 29.2. The number of hydrogen-bond acceptors (Lipinski definition) is 4. The Balaban J connectivity index is 1.97. The maximum Gasteiger partial charge on any atom is 0.309 e. The second-order valence-electron chi connectivity index (χ2n) is 14.7. The largest absolute Gasteiger partial charge is 0.481 e. The number of carboxylic acids is 1. The zero-order valence-corrected chi connectivity index (χ0v) is 26.1. The van der Waals surface area contributed by atoms with E-state index in [1.54, 1.807) is 0 Å². The number of Topliss-reactive ketones (excluding diaryl/α,β-unsaturated/α-hetero) is 1. The van der Waals surface area contributed by atoms with E-state index in [0.717, 1.165) is 44.9 Å². The molecule has 0 aromatic heterocycles. The van der Waals surface area contributed by atoms with Crippen LogP contribution in [0.4, 0.5) is 0 Å². The number of ketones is 1. The van der Waals surface area contributed by atoms with Gasteiger partial charge in [-0.3, -0.25) is 9.59 Å². The first-order valence-corrected chi connectivity index (χ1v) is 15.5. The predicted molar refractivity (Wildman–Crippen MR) is 157 cm³/mol. The van der Waals surface area contributed by atoms with E-state index in [1.165, 1.54) is 11.1 Å². The van der Waals surface area contributed by atoms with Crippen LogP contribution in [0.1, 0.15) is 126 Å². The SMILES string of the molecule is CCC1C(C2=CC[C@@](C)(C(=O)O)CCC2(C)CC)=CCC(=O)CC1(C)CCC1C(C)C(OCO)CCC1(C)C. The topological polar surface area (TPSA) is 83.8 Å². The highest BCUT2D eigenvalue weighted by molar-refractivity contribution is 5.81. The minimum Gasteiger partial charge on any atom is -0.481 e. The lowest BCUT2D eigenvalue weighted by atomic mass is 9.58. The van der Waals surface area contributed by atoms with Crippen LogP contribution < -0.4 is 0 Å². The molecule has 0 aliphatic heterocycles. The van der Waals surface area contributed by atoms with E-state index in [0.29, 0.717) is 43.3 Å². The summed E-state index contributed by atoms with van der Waals surface area (Å²) in [4.78, 5) is 25.5. The Morgan fingerprint density at radius 1 is 1.08 bits per heavy atom. The van der Waals surface area contributed by atoms with Crippen LogP contribution in [0.3, 0.4) is 0 Å². The van der Waals surface area contributed by atoms with E-state index in [2.05, 4.69) is 60.6 Å². The Hall–Kier alpha value is -1.46. The molecule has 222 valence electrons. The third-order valence-electron chi connectivity index (χ3n) is 11.6. The maximum absolute atomic E-state index is 13.3. The van der Waals surface area contributed by atoms with Gasteiger partial charge in [0.15, 0.2) is 0 Å². The van der Waals surface area contributed by atoms with Gasteiger partial charge < -0.3 is 14.9 Å². The highest BCUT2D eigenvalue weighted by Gasteiger charge is 2.47. The van der Waals surface area contributed by atoms with Crippen LogP contribution in [0.15, 0.2) is 23.3 Å². The molecular weight excluding hydrogens is 488 g/mol. The van der Waals surface area contributed by atoms with Crippen molar-refractivity contribution in [1.29, 1.82) is 0 Å². The molecule has 5 heteroatoms. The van der Waals surface area contributed by atoms with Gasteiger partial charge in [0.25, 0.3) is 0 Å². The summed E-state index contributed by atoms with van der Waals surface area (Å²) >= 11 is 0. The number of ether oxygens (including phenoxy) is 1. The second-order valence-corrected chi connectivity index (χ2v) is 14.7. The molecule has 1 saturated carbocycles. The quantitative estimate of drug-likeness (QED) is 0.286. The molecule has 5 nitrogen and oxygen atoms in total. The van der Waals surface area contributed by atoms with Crippen LogP contribution in [-0.4, -0.2) is 34.9 Å².